The zero-order chi connectivity index (χ0) is 8.72. The van der Waals surface area contributed by atoms with Gasteiger partial charge >= 0.3 is 0 Å². The third-order valence-corrected chi connectivity index (χ3v) is 1.72. The molecule has 0 amide bonds. The fourth-order valence-electron chi connectivity index (χ4n) is 0.965. The van der Waals surface area contributed by atoms with Crippen LogP contribution in [0.5, 0.6) is 0 Å². The highest BCUT2D eigenvalue weighted by Gasteiger charge is 2.00. The zero-order valence-corrected chi connectivity index (χ0v) is 6.68. The van der Waals surface area contributed by atoms with Crippen molar-refractivity contribution in [1.29, 1.82) is 0 Å². The Morgan fingerprint density at radius 2 is 2.42 bits per heavy atom. The summed E-state index contributed by atoms with van der Waals surface area (Å²) in [4.78, 5) is 13.3. The lowest BCUT2D eigenvalue weighted by molar-refractivity contribution is 1.08. The molecule has 0 aromatic carbocycles. The molecule has 0 bridgehead atoms. The van der Waals surface area contributed by atoms with Crippen LogP contribution in [0, 0.1) is 4.77 Å². The predicted octanol–water partition coefficient (Wildman–Crippen LogP) is -0.338. The largest absolute Gasteiger partial charge is 0.385 e. The first kappa shape index (κ1) is 7.04. The SMILES string of the molecule is Nc1cc(=O)[nH]c2n[nH]c(=S)n12. The Balaban J connectivity index is 3.13. The summed E-state index contributed by atoms with van der Waals surface area (Å²) in [6.07, 6.45) is 0. The Morgan fingerprint density at radius 1 is 1.67 bits per heavy atom. The topological polar surface area (TPSA) is 92.0 Å². The van der Waals surface area contributed by atoms with E-state index in [1.54, 1.807) is 0 Å². The molecule has 0 spiro atoms. The number of nitrogen functional groups attached to an aromatic ring is 1. The maximum Gasteiger partial charge on any atom is 0.254 e. The molecule has 6 nitrogen and oxygen atoms in total. The third kappa shape index (κ3) is 0.832. The monoisotopic (exact) mass is 183 g/mol. The van der Waals surface area contributed by atoms with Crippen molar-refractivity contribution in [2.75, 3.05) is 5.73 Å². The van der Waals surface area contributed by atoms with Gasteiger partial charge in [-0.05, 0) is 12.2 Å². The first-order chi connectivity index (χ1) is 5.68. The number of rotatable bonds is 0. The number of aromatic nitrogens is 4. The molecule has 0 fully saturated rings. The van der Waals surface area contributed by atoms with Gasteiger partial charge in [-0.15, -0.1) is 5.10 Å². The highest BCUT2D eigenvalue weighted by Crippen LogP contribution is 2.00. The van der Waals surface area contributed by atoms with E-state index in [4.69, 9.17) is 18.0 Å². The molecule has 12 heavy (non-hydrogen) atoms. The van der Waals surface area contributed by atoms with Crippen molar-refractivity contribution >= 4 is 23.8 Å². The number of nitrogens with two attached hydrogens (primary N) is 1. The van der Waals surface area contributed by atoms with E-state index >= 15 is 0 Å². The van der Waals surface area contributed by atoms with Gasteiger partial charge in [0.05, 0.1) is 0 Å². The molecular formula is C5H5N5OS. The van der Waals surface area contributed by atoms with Gasteiger partial charge in [0, 0.05) is 6.07 Å². The van der Waals surface area contributed by atoms with Crippen LogP contribution in [0.4, 0.5) is 5.82 Å². The molecule has 0 saturated heterocycles. The molecule has 0 aliphatic carbocycles. The van der Waals surface area contributed by atoms with E-state index in [0.29, 0.717) is 10.5 Å². The standard InChI is InChI=1S/C5H5N5OS/c6-2-1-3(11)7-4-8-9-5(12)10(2)4/h1H,6H2,(H,9,12)(H,7,8,11). The lowest BCUT2D eigenvalue weighted by Crippen LogP contribution is -2.10. The second kappa shape index (κ2) is 2.18. The highest BCUT2D eigenvalue weighted by molar-refractivity contribution is 7.71. The summed E-state index contributed by atoms with van der Waals surface area (Å²) in [6.45, 7) is 0. The second-order valence-corrected chi connectivity index (χ2v) is 2.63. The van der Waals surface area contributed by atoms with Crippen molar-refractivity contribution in [3.63, 3.8) is 0 Å². The Morgan fingerprint density at radius 3 is 3.17 bits per heavy atom. The van der Waals surface area contributed by atoms with Gasteiger partial charge in [-0.2, -0.15) is 0 Å². The van der Waals surface area contributed by atoms with Gasteiger partial charge < -0.3 is 5.73 Å². The van der Waals surface area contributed by atoms with Gasteiger partial charge in [0.15, 0.2) is 0 Å². The summed E-state index contributed by atoms with van der Waals surface area (Å²) in [7, 11) is 0. The van der Waals surface area contributed by atoms with Crippen LogP contribution in [0.15, 0.2) is 10.9 Å². The van der Waals surface area contributed by atoms with Gasteiger partial charge in [-0.3, -0.25) is 9.78 Å². The maximum absolute atomic E-state index is 10.9. The van der Waals surface area contributed by atoms with Crippen LogP contribution in [0.2, 0.25) is 0 Å². The molecule has 4 N–H and O–H groups in total. The normalized spacial score (nSPS) is 10.7. The van der Waals surface area contributed by atoms with Crippen molar-refractivity contribution < 1.29 is 0 Å². The minimum absolute atomic E-state index is 0.271. The molecule has 2 heterocycles. The van der Waals surface area contributed by atoms with E-state index in [9.17, 15) is 4.79 Å². The molecule has 7 heteroatoms. The van der Waals surface area contributed by atoms with Crippen LogP contribution in [-0.4, -0.2) is 19.6 Å². The predicted molar refractivity (Wildman–Crippen MR) is 45.4 cm³/mol. The number of hydrogen-bond donors (Lipinski definition) is 3. The first-order valence-corrected chi connectivity index (χ1v) is 3.55. The Kier molecular flexibility index (Phi) is 1.28. The summed E-state index contributed by atoms with van der Waals surface area (Å²) in [5.41, 5.74) is 5.22. The minimum Gasteiger partial charge on any atom is -0.385 e. The number of nitrogens with zero attached hydrogens (tertiary/aromatic N) is 2. The quantitative estimate of drug-likeness (QED) is 0.487. The zero-order valence-electron chi connectivity index (χ0n) is 5.87. The van der Waals surface area contributed by atoms with E-state index in [1.165, 1.54) is 10.5 Å². The fraction of sp³-hybridized carbons (Fsp3) is 0. The Bertz CT molecular complexity index is 534. The smallest absolute Gasteiger partial charge is 0.254 e. The van der Waals surface area contributed by atoms with Crippen molar-refractivity contribution in [2.45, 2.75) is 0 Å². The fourth-order valence-corrected chi connectivity index (χ4v) is 1.20. The average Bonchev–Trinajstić information content (AvgIpc) is 2.31. The molecular weight excluding hydrogens is 178 g/mol. The van der Waals surface area contributed by atoms with Crippen molar-refractivity contribution in [3.05, 3.63) is 21.2 Å². The molecule has 2 aromatic rings. The number of H-pyrrole nitrogens is 2. The number of aromatic amines is 2. The number of fused-ring (bicyclic) bond motifs is 1. The molecule has 0 atom stereocenters. The van der Waals surface area contributed by atoms with Crippen LogP contribution in [0.3, 0.4) is 0 Å². The van der Waals surface area contributed by atoms with Gasteiger partial charge in [-0.25, -0.2) is 9.50 Å². The van der Waals surface area contributed by atoms with Gasteiger partial charge in [0.2, 0.25) is 10.5 Å². The molecule has 0 aliphatic heterocycles. The van der Waals surface area contributed by atoms with Crippen molar-refractivity contribution in [1.82, 2.24) is 19.6 Å². The maximum atomic E-state index is 10.9. The first-order valence-electron chi connectivity index (χ1n) is 3.14. The summed E-state index contributed by atoms with van der Waals surface area (Å²) < 4.78 is 1.80. The number of nitrogens with one attached hydrogen (secondary N) is 2. The molecule has 0 radical (unpaired) electrons. The average molecular weight is 183 g/mol. The van der Waals surface area contributed by atoms with Crippen LogP contribution < -0.4 is 11.3 Å². The summed E-state index contributed by atoms with van der Waals surface area (Å²) in [5, 5.41) is 6.26. The van der Waals surface area contributed by atoms with Crippen LogP contribution in [0.1, 0.15) is 0 Å². The summed E-state index contributed by atoms with van der Waals surface area (Å²) >= 11 is 4.86. The van der Waals surface area contributed by atoms with Crippen LogP contribution in [-0.2, 0) is 0 Å². The van der Waals surface area contributed by atoms with Gasteiger partial charge in [0.25, 0.3) is 5.56 Å². The molecule has 62 valence electrons. The van der Waals surface area contributed by atoms with Crippen LogP contribution in [0.25, 0.3) is 5.78 Å². The van der Waals surface area contributed by atoms with Crippen molar-refractivity contribution in [3.8, 4) is 0 Å². The highest BCUT2D eigenvalue weighted by atomic mass is 32.1. The number of anilines is 1. The summed E-state index contributed by atoms with van der Waals surface area (Å²) in [6, 6.07) is 1.25. The summed E-state index contributed by atoms with van der Waals surface area (Å²) in [5.74, 6) is 0.595. The van der Waals surface area contributed by atoms with E-state index in [1.807, 2.05) is 0 Å². The lowest BCUT2D eigenvalue weighted by atomic mass is 10.6. The molecule has 0 unspecified atom stereocenters. The number of hydrogen-bond acceptors (Lipinski definition) is 4. The van der Waals surface area contributed by atoms with E-state index in [-0.39, 0.29) is 11.4 Å². The molecule has 0 aliphatic rings. The lowest BCUT2D eigenvalue weighted by Gasteiger charge is -1.94. The van der Waals surface area contributed by atoms with Gasteiger partial charge in [-0.1, -0.05) is 0 Å². The third-order valence-electron chi connectivity index (χ3n) is 1.44. The van der Waals surface area contributed by atoms with E-state index < -0.39 is 0 Å². The van der Waals surface area contributed by atoms with E-state index in [2.05, 4.69) is 15.2 Å². The second-order valence-electron chi connectivity index (χ2n) is 2.25. The van der Waals surface area contributed by atoms with Gasteiger partial charge in [0.1, 0.15) is 5.82 Å². The van der Waals surface area contributed by atoms with E-state index in [0.717, 1.165) is 0 Å². The van der Waals surface area contributed by atoms with Crippen molar-refractivity contribution in [2.24, 2.45) is 0 Å². The molecule has 2 aromatic heterocycles. The van der Waals surface area contributed by atoms with Crippen LogP contribution >= 0.6 is 12.2 Å². The molecule has 2 rings (SSSR count). The Labute approximate surface area is 71.0 Å². The Hall–Kier alpha value is -1.63. The minimum atomic E-state index is -0.297. The molecule has 0 saturated carbocycles.